The van der Waals surface area contributed by atoms with Crippen LogP contribution < -0.4 is 5.32 Å². The van der Waals surface area contributed by atoms with Crippen LogP contribution in [-0.4, -0.2) is 30.4 Å². The third kappa shape index (κ3) is 4.07. The number of carbonyl (C=O) groups is 1. The van der Waals surface area contributed by atoms with Crippen molar-refractivity contribution in [2.45, 2.75) is 58.4 Å². The van der Waals surface area contributed by atoms with Gasteiger partial charge < -0.3 is 5.32 Å². The third-order valence-electron chi connectivity index (χ3n) is 4.60. The molecule has 1 amide bonds. The van der Waals surface area contributed by atoms with Crippen molar-refractivity contribution in [2.24, 2.45) is 0 Å². The summed E-state index contributed by atoms with van der Waals surface area (Å²) in [7, 11) is 2.07. The van der Waals surface area contributed by atoms with Gasteiger partial charge >= 0.3 is 0 Å². The lowest BCUT2D eigenvalue weighted by Gasteiger charge is -2.24. The van der Waals surface area contributed by atoms with Crippen molar-refractivity contribution in [1.29, 1.82) is 0 Å². The minimum absolute atomic E-state index is 0.111. The summed E-state index contributed by atoms with van der Waals surface area (Å²) in [5.41, 5.74) is 3.49. The highest BCUT2D eigenvalue weighted by Gasteiger charge is 2.21. The van der Waals surface area contributed by atoms with Crippen LogP contribution in [0.4, 0.5) is 5.69 Å². The van der Waals surface area contributed by atoms with Crippen LogP contribution in [0.15, 0.2) is 18.2 Å². The lowest BCUT2D eigenvalue weighted by Crippen LogP contribution is -2.36. The maximum atomic E-state index is 12.4. The zero-order chi connectivity index (χ0) is 15.2. The van der Waals surface area contributed by atoms with Gasteiger partial charge in [-0.15, -0.1) is 0 Å². The molecule has 3 heteroatoms. The predicted molar refractivity (Wildman–Crippen MR) is 88.7 cm³/mol. The quantitative estimate of drug-likeness (QED) is 0.867. The van der Waals surface area contributed by atoms with E-state index in [1.807, 2.05) is 0 Å². The number of aryl methyl sites for hydroxylation is 2. The molecule has 0 unspecified atom stereocenters. The number of hydrogen-bond donors (Lipinski definition) is 1. The van der Waals surface area contributed by atoms with Crippen LogP contribution in [0, 0.1) is 0 Å². The molecule has 1 aromatic carbocycles. The molecule has 0 aromatic heterocycles. The SMILES string of the molecule is CCc1cccc(CC)c1NC(=O)CN(C)C1CCCC1. The summed E-state index contributed by atoms with van der Waals surface area (Å²) in [5, 5.41) is 3.15. The van der Waals surface area contributed by atoms with Crippen molar-refractivity contribution < 1.29 is 4.79 Å². The van der Waals surface area contributed by atoms with E-state index in [9.17, 15) is 4.79 Å². The number of para-hydroxylation sites is 1. The highest BCUT2D eigenvalue weighted by Crippen LogP contribution is 2.24. The van der Waals surface area contributed by atoms with Crippen LogP contribution in [-0.2, 0) is 17.6 Å². The maximum Gasteiger partial charge on any atom is 0.238 e. The Morgan fingerprint density at radius 1 is 1.19 bits per heavy atom. The lowest BCUT2D eigenvalue weighted by molar-refractivity contribution is -0.117. The molecule has 0 bridgehead atoms. The Bertz CT molecular complexity index is 456. The molecule has 0 radical (unpaired) electrons. The number of carbonyl (C=O) groups excluding carboxylic acids is 1. The molecule has 1 aliphatic carbocycles. The number of amides is 1. The third-order valence-corrected chi connectivity index (χ3v) is 4.60. The number of anilines is 1. The monoisotopic (exact) mass is 288 g/mol. The van der Waals surface area contributed by atoms with Gasteiger partial charge in [0.1, 0.15) is 0 Å². The largest absolute Gasteiger partial charge is 0.324 e. The molecule has 0 saturated heterocycles. The van der Waals surface area contributed by atoms with Gasteiger partial charge in [-0.05, 0) is 43.9 Å². The van der Waals surface area contributed by atoms with E-state index >= 15 is 0 Å². The Labute approximate surface area is 128 Å². The number of nitrogens with zero attached hydrogens (tertiary/aromatic N) is 1. The first kappa shape index (κ1) is 16.0. The van der Waals surface area contributed by atoms with Crippen molar-refractivity contribution in [3.63, 3.8) is 0 Å². The van der Waals surface area contributed by atoms with Crippen molar-refractivity contribution in [3.05, 3.63) is 29.3 Å². The summed E-state index contributed by atoms with van der Waals surface area (Å²) in [4.78, 5) is 14.6. The van der Waals surface area contributed by atoms with E-state index in [0.717, 1.165) is 18.5 Å². The van der Waals surface area contributed by atoms with E-state index in [1.54, 1.807) is 0 Å². The summed E-state index contributed by atoms with van der Waals surface area (Å²) in [5.74, 6) is 0.111. The van der Waals surface area contributed by atoms with E-state index in [4.69, 9.17) is 0 Å². The van der Waals surface area contributed by atoms with Gasteiger partial charge in [0.2, 0.25) is 5.91 Å². The van der Waals surface area contributed by atoms with Crippen molar-refractivity contribution in [3.8, 4) is 0 Å². The van der Waals surface area contributed by atoms with Gasteiger partial charge in [-0.3, -0.25) is 9.69 Å². The van der Waals surface area contributed by atoms with Crippen LogP contribution in [0.1, 0.15) is 50.7 Å². The fraction of sp³-hybridized carbons (Fsp3) is 0.611. The number of nitrogens with one attached hydrogen (secondary N) is 1. The minimum Gasteiger partial charge on any atom is -0.324 e. The van der Waals surface area contributed by atoms with Crippen LogP contribution in [0.3, 0.4) is 0 Å². The topological polar surface area (TPSA) is 32.3 Å². The fourth-order valence-electron chi connectivity index (χ4n) is 3.28. The second-order valence-electron chi connectivity index (χ2n) is 6.06. The Balaban J connectivity index is 2.01. The zero-order valence-corrected chi connectivity index (χ0v) is 13.6. The minimum atomic E-state index is 0.111. The average molecular weight is 288 g/mol. The van der Waals surface area contributed by atoms with E-state index in [2.05, 4.69) is 49.3 Å². The summed E-state index contributed by atoms with van der Waals surface area (Å²) in [6.07, 6.45) is 6.96. The van der Waals surface area contributed by atoms with Gasteiger partial charge in [-0.25, -0.2) is 0 Å². The molecular formula is C18H28N2O. The van der Waals surface area contributed by atoms with Gasteiger partial charge in [0, 0.05) is 11.7 Å². The van der Waals surface area contributed by atoms with E-state index in [1.165, 1.54) is 36.8 Å². The molecule has 0 aliphatic heterocycles. The first-order chi connectivity index (χ1) is 10.2. The fourth-order valence-corrected chi connectivity index (χ4v) is 3.28. The van der Waals surface area contributed by atoms with Crippen molar-refractivity contribution in [2.75, 3.05) is 18.9 Å². The summed E-state index contributed by atoms with van der Waals surface area (Å²) in [6, 6.07) is 6.88. The number of benzene rings is 1. The van der Waals surface area contributed by atoms with Gasteiger partial charge in [0.25, 0.3) is 0 Å². The van der Waals surface area contributed by atoms with Gasteiger partial charge in [-0.1, -0.05) is 44.9 Å². The predicted octanol–water partition coefficient (Wildman–Crippen LogP) is 3.62. The Morgan fingerprint density at radius 2 is 1.76 bits per heavy atom. The van der Waals surface area contributed by atoms with Crippen molar-refractivity contribution in [1.82, 2.24) is 4.90 Å². The van der Waals surface area contributed by atoms with Crippen LogP contribution >= 0.6 is 0 Å². The Hall–Kier alpha value is -1.35. The maximum absolute atomic E-state index is 12.4. The first-order valence-electron chi connectivity index (χ1n) is 8.26. The molecule has 1 N–H and O–H groups in total. The Kier molecular flexibility index (Phi) is 5.80. The summed E-state index contributed by atoms with van der Waals surface area (Å²) in [6.45, 7) is 4.76. The molecule has 2 rings (SSSR count). The second kappa shape index (κ2) is 7.60. The Morgan fingerprint density at radius 3 is 2.29 bits per heavy atom. The molecule has 0 atom stereocenters. The normalized spacial score (nSPS) is 15.6. The molecular weight excluding hydrogens is 260 g/mol. The molecule has 1 aliphatic rings. The van der Waals surface area contributed by atoms with Crippen LogP contribution in [0.25, 0.3) is 0 Å². The number of likely N-dealkylation sites (N-methyl/N-ethyl adjacent to an activating group) is 1. The van der Waals surface area contributed by atoms with Gasteiger partial charge in [-0.2, -0.15) is 0 Å². The van der Waals surface area contributed by atoms with E-state index in [0.29, 0.717) is 12.6 Å². The summed E-state index contributed by atoms with van der Waals surface area (Å²) >= 11 is 0. The molecule has 1 fully saturated rings. The van der Waals surface area contributed by atoms with Gasteiger partial charge in [0.05, 0.1) is 6.54 Å². The van der Waals surface area contributed by atoms with Gasteiger partial charge in [0.15, 0.2) is 0 Å². The molecule has 3 nitrogen and oxygen atoms in total. The molecule has 1 aromatic rings. The molecule has 21 heavy (non-hydrogen) atoms. The lowest BCUT2D eigenvalue weighted by atomic mass is 10.0. The molecule has 1 saturated carbocycles. The number of rotatable bonds is 6. The van der Waals surface area contributed by atoms with E-state index in [-0.39, 0.29) is 5.91 Å². The summed E-state index contributed by atoms with van der Waals surface area (Å²) < 4.78 is 0. The number of hydrogen-bond acceptors (Lipinski definition) is 2. The van der Waals surface area contributed by atoms with Crippen molar-refractivity contribution >= 4 is 11.6 Å². The van der Waals surface area contributed by atoms with E-state index < -0.39 is 0 Å². The molecule has 116 valence electrons. The molecule has 0 spiro atoms. The second-order valence-corrected chi connectivity index (χ2v) is 6.06. The van der Waals surface area contributed by atoms with Crippen LogP contribution in [0.2, 0.25) is 0 Å². The zero-order valence-electron chi connectivity index (χ0n) is 13.6. The smallest absolute Gasteiger partial charge is 0.238 e. The highest BCUT2D eigenvalue weighted by atomic mass is 16.2. The molecule has 0 heterocycles. The highest BCUT2D eigenvalue weighted by molar-refractivity contribution is 5.93. The standard InChI is InChI=1S/C18H28N2O/c1-4-14-9-8-10-15(5-2)18(14)19-17(21)13-20(3)16-11-6-7-12-16/h8-10,16H,4-7,11-13H2,1-3H3,(H,19,21). The van der Waals surface area contributed by atoms with Crippen LogP contribution in [0.5, 0.6) is 0 Å². The first-order valence-corrected chi connectivity index (χ1v) is 8.26. The average Bonchev–Trinajstić information content (AvgIpc) is 3.01.